The maximum Gasteiger partial charge on any atom is 0.218 e. The smallest absolute Gasteiger partial charge is 0.218 e. The van der Waals surface area contributed by atoms with Crippen LogP contribution < -0.4 is 5.32 Å². The van der Waals surface area contributed by atoms with E-state index in [1.54, 1.807) is 12.4 Å². The first-order valence-electron chi connectivity index (χ1n) is 10.6. The number of anilines is 1. The van der Waals surface area contributed by atoms with Crippen molar-refractivity contribution in [1.82, 2.24) is 43.5 Å². The molecule has 10 heteroatoms. The van der Waals surface area contributed by atoms with Crippen LogP contribution in [0.5, 0.6) is 0 Å². The fourth-order valence-corrected chi connectivity index (χ4v) is 3.78. The molecule has 5 rings (SSSR count). The van der Waals surface area contributed by atoms with E-state index in [1.807, 2.05) is 62.6 Å². The Hall–Kier alpha value is -3.95. The number of fused-ring (bicyclic) bond motifs is 1. The maximum absolute atomic E-state index is 4.85. The van der Waals surface area contributed by atoms with Crippen LogP contribution in [0.3, 0.4) is 0 Å². The molecular formula is C22H26N10. The molecule has 0 fully saturated rings. The third-order valence-corrected chi connectivity index (χ3v) is 5.54. The summed E-state index contributed by atoms with van der Waals surface area (Å²) in [7, 11) is 1.94. The van der Waals surface area contributed by atoms with E-state index in [4.69, 9.17) is 15.2 Å². The van der Waals surface area contributed by atoms with Crippen LogP contribution in [0.1, 0.15) is 25.5 Å². The van der Waals surface area contributed by atoms with Gasteiger partial charge in [0.15, 0.2) is 11.6 Å². The zero-order chi connectivity index (χ0) is 22.2. The van der Waals surface area contributed by atoms with Gasteiger partial charge in [0.05, 0.1) is 12.0 Å². The summed E-state index contributed by atoms with van der Waals surface area (Å²) >= 11 is 0. The van der Waals surface area contributed by atoms with E-state index in [9.17, 15) is 0 Å². The van der Waals surface area contributed by atoms with Crippen LogP contribution in [-0.4, -0.2) is 50.0 Å². The minimum atomic E-state index is 0.302. The van der Waals surface area contributed by atoms with Crippen LogP contribution in [0.4, 0.5) is 5.82 Å². The first kappa shape index (κ1) is 20.0. The summed E-state index contributed by atoms with van der Waals surface area (Å²) in [5, 5.41) is 13.0. The molecule has 0 amide bonds. The Bertz CT molecular complexity index is 1350. The lowest BCUT2D eigenvalue weighted by Crippen LogP contribution is -2.13. The predicted octanol–water partition coefficient (Wildman–Crippen LogP) is 3.19. The van der Waals surface area contributed by atoms with E-state index in [2.05, 4.69) is 36.1 Å². The zero-order valence-electron chi connectivity index (χ0n) is 18.6. The number of nitrogens with zero attached hydrogens (tertiary/aromatic N) is 9. The average Bonchev–Trinajstić information content (AvgIpc) is 3.55. The highest BCUT2D eigenvalue weighted by molar-refractivity contribution is 5.82. The van der Waals surface area contributed by atoms with Crippen LogP contribution >= 0.6 is 0 Å². The quantitative estimate of drug-likeness (QED) is 0.426. The molecule has 5 aromatic rings. The number of aromatic nitrogens is 9. The fourth-order valence-electron chi connectivity index (χ4n) is 3.78. The lowest BCUT2D eigenvalue weighted by Gasteiger charge is -2.11. The Morgan fingerprint density at radius 1 is 1.09 bits per heavy atom. The molecule has 0 bridgehead atoms. The molecule has 32 heavy (non-hydrogen) atoms. The van der Waals surface area contributed by atoms with Crippen molar-refractivity contribution < 1.29 is 0 Å². The van der Waals surface area contributed by atoms with Gasteiger partial charge in [-0.25, -0.2) is 19.5 Å². The Morgan fingerprint density at radius 3 is 2.66 bits per heavy atom. The van der Waals surface area contributed by atoms with Gasteiger partial charge in [-0.05, 0) is 32.4 Å². The number of nitrogens with one attached hydrogen (secondary N) is 1. The monoisotopic (exact) mass is 430 g/mol. The Balaban J connectivity index is 1.59. The summed E-state index contributed by atoms with van der Waals surface area (Å²) in [4.78, 5) is 13.4. The lowest BCUT2D eigenvalue weighted by molar-refractivity contribution is 0.534. The summed E-state index contributed by atoms with van der Waals surface area (Å²) in [6, 6.07) is 2.34. The van der Waals surface area contributed by atoms with Gasteiger partial charge in [0.2, 0.25) is 5.82 Å². The Morgan fingerprint density at radius 2 is 1.97 bits per heavy atom. The third-order valence-electron chi connectivity index (χ3n) is 5.54. The number of hydrogen-bond acceptors (Lipinski definition) is 6. The van der Waals surface area contributed by atoms with Gasteiger partial charge >= 0.3 is 0 Å². The van der Waals surface area contributed by atoms with E-state index in [0.29, 0.717) is 24.2 Å². The molecule has 5 heterocycles. The molecule has 1 N–H and O–H groups in total. The molecule has 0 aliphatic carbocycles. The van der Waals surface area contributed by atoms with Gasteiger partial charge in [0.1, 0.15) is 5.52 Å². The first-order chi connectivity index (χ1) is 15.5. The van der Waals surface area contributed by atoms with Gasteiger partial charge in [-0.1, -0.05) is 0 Å². The number of aryl methyl sites for hydroxylation is 2. The Kier molecular flexibility index (Phi) is 4.96. The van der Waals surface area contributed by atoms with Crippen LogP contribution in [0.15, 0.2) is 49.6 Å². The Labute approximate surface area is 185 Å². The molecule has 0 saturated heterocycles. The highest BCUT2D eigenvalue weighted by atomic mass is 15.3. The van der Waals surface area contributed by atoms with E-state index in [-0.39, 0.29) is 0 Å². The van der Waals surface area contributed by atoms with Crippen molar-refractivity contribution in [2.45, 2.75) is 33.4 Å². The standard InChI is InChI=1S/C22H26N10/c1-15(2)31-9-5-18(27-31)17-13-32-19(16(17)3)20(24-8-12-30-11-6-23-14-30)26-21(28-32)22-25-7-10-29(22)4/h5-7,9-11,13-15H,8,12H2,1-4H3,(H,24,26,28). The molecule has 0 spiro atoms. The molecule has 0 aliphatic rings. The molecule has 164 valence electrons. The minimum Gasteiger partial charge on any atom is -0.366 e. The molecule has 0 radical (unpaired) electrons. The SMILES string of the molecule is Cc1c(-c2ccn(C(C)C)n2)cn2nc(-c3nccn3C)nc(NCCn3ccnc3)c12. The predicted molar refractivity (Wildman–Crippen MR) is 122 cm³/mol. The first-order valence-corrected chi connectivity index (χ1v) is 10.6. The molecule has 0 unspecified atom stereocenters. The van der Waals surface area contributed by atoms with Gasteiger partial charge in [-0.3, -0.25) is 4.68 Å². The molecule has 10 nitrogen and oxygen atoms in total. The number of hydrogen-bond donors (Lipinski definition) is 1. The van der Waals surface area contributed by atoms with E-state index < -0.39 is 0 Å². The third kappa shape index (κ3) is 3.53. The van der Waals surface area contributed by atoms with Crippen molar-refractivity contribution >= 4 is 11.3 Å². The molecule has 0 atom stereocenters. The fraction of sp³-hybridized carbons (Fsp3) is 0.318. The molecule has 0 saturated carbocycles. The summed E-state index contributed by atoms with van der Waals surface area (Å²) in [6.45, 7) is 7.80. The summed E-state index contributed by atoms with van der Waals surface area (Å²) < 4.78 is 7.79. The average molecular weight is 431 g/mol. The van der Waals surface area contributed by atoms with Crippen LogP contribution in [0.2, 0.25) is 0 Å². The largest absolute Gasteiger partial charge is 0.366 e. The van der Waals surface area contributed by atoms with Gasteiger partial charge in [-0.2, -0.15) is 5.10 Å². The van der Waals surface area contributed by atoms with Crippen LogP contribution in [-0.2, 0) is 13.6 Å². The second kappa shape index (κ2) is 7.95. The zero-order valence-corrected chi connectivity index (χ0v) is 18.6. The molecular weight excluding hydrogens is 404 g/mol. The highest BCUT2D eigenvalue weighted by Gasteiger charge is 2.19. The van der Waals surface area contributed by atoms with Crippen LogP contribution in [0, 0.1) is 6.92 Å². The van der Waals surface area contributed by atoms with Crippen LogP contribution in [0.25, 0.3) is 28.4 Å². The molecule has 5 aromatic heterocycles. The van der Waals surface area contributed by atoms with E-state index in [0.717, 1.165) is 34.7 Å². The van der Waals surface area contributed by atoms with Gasteiger partial charge in [0.25, 0.3) is 0 Å². The maximum atomic E-state index is 4.85. The summed E-state index contributed by atoms with van der Waals surface area (Å²) in [5.41, 5.74) is 3.97. The van der Waals surface area contributed by atoms with Crippen molar-refractivity contribution in [3.05, 3.63) is 55.1 Å². The lowest BCUT2D eigenvalue weighted by atomic mass is 10.1. The minimum absolute atomic E-state index is 0.302. The second-order valence-electron chi connectivity index (χ2n) is 8.11. The molecule has 0 aromatic carbocycles. The highest BCUT2D eigenvalue weighted by Crippen LogP contribution is 2.31. The van der Waals surface area contributed by atoms with Crippen molar-refractivity contribution in [3.8, 4) is 22.9 Å². The van der Waals surface area contributed by atoms with Gasteiger partial charge in [-0.15, -0.1) is 5.10 Å². The topological polar surface area (TPSA) is 95.7 Å². The number of imidazole rings is 2. The van der Waals surface area contributed by atoms with Crippen molar-refractivity contribution in [2.24, 2.45) is 7.05 Å². The van der Waals surface area contributed by atoms with Gasteiger partial charge < -0.3 is 14.5 Å². The van der Waals surface area contributed by atoms with Crippen molar-refractivity contribution in [1.29, 1.82) is 0 Å². The van der Waals surface area contributed by atoms with Crippen molar-refractivity contribution in [2.75, 3.05) is 11.9 Å². The molecule has 0 aliphatic heterocycles. The van der Waals surface area contributed by atoms with Gasteiger partial charge in [0, 0.05) is 68.9 Å². The number of rotatable bonds is 7. The summed E-state index contributed by atoms with van der Waals surface area (Å²) in [5.74, 6) is 2.04. The van der Waals surface area contributed by atoms with E-state index in [1.165, 1.54) is 0 Å². The second-order valence-corrected chi connectivity index (χ2v) is 8.11. The van der Waals surface area contributed by atoms with Crippen molar-refractivity contribution in [3.63, 3.8) is 0 Å². The van der Waals surface area contributed by atoms with E-state index >= 15 is 0 Å². The summed E-state index contributed by atoms with van der Waals surface area (Å²) in [6.07, 6.45) is 13.2. The normalized spacial score (nSPS) is 11.7.